The molecule has 0 radical (unpaired) electrons. The summed E-state index contributed by atoms with van der Waals surface area (Å²) in [7, 11) is 0. The molecule has 2 N–H and O–H groups in total. The number of rotatable bonds is 4. The number of hydrogen-bond donors (Lipinski definition) is 2. The minimum atomic E-state index is -1.06. The van der Waals surface area contributed by atoms with E-state index in [0.717, 1.165) is 0 Å². The number of carboxylic acids is 1. The molecule has 24 heavy (non-hydrogen) atoms. The summed E-state index contributed by atoms with van der Waals surface area (Å²) in [6.45, 7) is 2.45. The van der Waals surface area contributed by atoms with Crippen LogP contribution in [0.3, 0.4) is 0 Å². The van der Waals surface area contributed by atoms with Crippen LogP contribution in [0.2, 0.25) is 0 Å². The predicted octanol–water partition coefficient (Wildman–Crippen LogP) is 2.45. The summed E-state index contributed by atoms with van der Waals surface area (Å²) in [5, 5.41) is 9.28. The summed E-state index contributed by atoms with van der Waals surface area (Å²) >= 11 is 0. The Balaban J connectivity index is 2.01. The van der Waals surface area contributed by atoms with Gasteiger partial charge >= 0.3 is 5.97 Å². The Morgan fingerprint density at radius 2 is 2.25 bits per heavy atom. The summed E-state index contributed by atoms with van der Waals surface area (Å²) in [4.78, 5) is 22.7. The third kappa shape index (κ3) is 2.03. The van der Waals surface area contributed by atoms with E-state index in [1.807, 2.05) is 6.92 Å². The van der Waals surface area contributed by atoms with Crippen molar-refractivity contribution in [2.24, 2.45) is 0 Å². The Bertz CT molecular complexity index is 950. The van der Waals surface area contributed by atoms with Crippen molar-refractivity contribution < 1.29 is 24.1 Å². The molecule has 1 aliphatic heterocycles. The van der Waals surface area contributed by atoms with Gasteiger partial charge in [-0.15, -0.1) is 0 Å². The molecule has 4 rings (SSSR count). The third-order valence-corrected chi connectivity index (χ3v) is 3.73. The molecule has 3 aromatic rings. The first-order valence-electron chi connectivity index (χ1n) is 7.31. The monoisotopic (exact) mass is 327 g/mol. The molecule has 0 aliphatic carbocycles. The molecule has 0 unspecified atom stereocenters. The van der Waals surface area contributed by atoms with Crippen LogP contribution in [0, 0.1) is 0 Å². The second-order valence-electron chi connectivity index (χ2n) is 5.06. The normalized spacial score (nSPS) is 12.5. The fraction of sp³-hybridized carbons (Fsp3) is 0.188. The fourth-order valence-corrected chi connectivity index (χ4v) is 2.75. The first-order valence-corrected chi connectivity index (χ1v) is 7.31. The molecule has 0 amide bonds. The van der Waals surface area contributed by atoms with Crippen molar-refractivity contribution in [3.8, 4) is 28.5 Å². The van der Waals surface area contributed by atoms with Crippen molar-refractivity contribution in [1.82, 2.24) is 15.0 Å². The van der Waals surface area contributed by atoms with E-state index in [1.165, 1.54) is 12.5 Å². The van der Waals surface area contributed by atoms with Crippen LogP contribution in [0.5, 0.6) is 17.2 Å². The van der Waals surface area contributed by atoms with Crippen molar-refractivity contribution >= 4 is 17.0 Å². The lowest BCUT2D eigenvalue weighted by molar-refractivity contribution is 0.0699. The van der Waals surface area contributed by atoms with E-state index in [2.05, 4.69) is 15.0 Å². The maximum atomic E-state index is 11.3. The molecule has 3 heterocycles. The van der Waals surface area contributed by atoms with Crippen molar-refractivity contribution in [2.45, 2.75) is 6.92 Å². The number of carbonyl (C=O) groups is 1. The van der Waals surface area contributed by atoms with Gasteiger partial charge in [-0.25, -0.2) is 14.8 Å². The molecule has 0 saturated heterocycles. The number of ether oxygens (including phenoxy) is 3. The number of H-pyrrole nitrogens is 1. The summed E-state index contributed by atoms with van der Waals surface area (Å²) < 4.78 is 16.7. The quantitative estimate of drug-likeness (QED) is 0.758. The molecular formula is C16H13N3O5. The standard InChI is InChI=1S/C16H13N3O5/c1-2-22-9-3-4-10-15(24-7-23-10)11(9)13-14-12(18-6-19-13)8(5-17-14)16(20)21/h3-6,17H,2,7H2,1H3,(H,20,21). The fourth-order valence-electron chi connectivity index (χ4n) is 2.75. The Kier molecular flexibility index (Phi) is 3.23. The second-order valence-corrected chi connectivity index (χ2v) is 5.06. The zero-order chi connectivity index (χ0) is 16.7. The van der Waals surface area contributed by atoms with Gasteiger partial charge in [-0.3, -0.25) is 0 Å². The molecular weight excluding hydrogens is 314 g/mol. The third-order valence-electron chi connectivity index (χ3n) is 3.73. The minimum absolute atomic E-state index is 0.0800. The van der Waals surface area contributed by atoms with Crippen LogP contribution >= 0.6 is 0 Å². The highest BCUT2D eigenvalue weighted by Gasteiger charge is 2.26. The topological polar surface area (TPSA) is 107 Å². The average Bonchev–Trinajstić information content (AvgIpc) is 3.21. The lowest BCUT2D eigenvalue weighted by Crippen LogP contribution is -1.99. The molecule has 8 nitrogen and oxygen atoms in total. The van der Waals surface area contributed by atoms with Gasteiger partial charge in [0.1, 0.15) is 28.9 Å². The maximum Gasteiger partial charge on any atom is 0.339 e. The first-order chi connectivity index (χ1) is 11.7. The lowest BCUT2D eigenvalue weighted by atomic mass is 10.1. The predicted molar refractivity (Wildman–Crippen MR) is 83.6 cm³/mol. The summed E-state index contributed by atoms with van der Waals surface area (Å²) in [6, 6.07) is 3.55. The molecule has 1 aliphatic rings. The number of carboxylic acid groups (broad SMARTS) is 1. The Morgan fingerprint density at radius 1 is 1.38 bits per heavy atom. The number of benzene rings is 1. The van der Waals surface area contributed by atoms with Crippen LogP contribution in [0.1, 0.15) is 17.3 Å². The summed E-state index contributed by atoms with van der Waals surface area (Å²) in [5.74, 6) is 0.625. The van der Waals surface area contributed by atoms with Gasteiger partial charge in [0.15, 0.2) is 11.5 Å². The average molecular weight is 327 g/mol. The molecule has 0 spiro atoms. The SMILES string of the molecule is CCOc1ccc2c(c1-c1ncnc3c(C(=O)O)c[nH]c13)OCO2. The van der Waals surface area contributed by atoms with Crippen molar-refractivity contribution in [1.29, 1.82) is 0 Å². The zero-order valence-electron chi connectivity index (χ0n) is 12.7. The van der Waals surface area contributed by atoms with Crippen LogP contribution in [0.4, 0.5) is 0 Å². The Labute approximate surface area is 136 Å². The molecule has 0 saturated carbocycles. The largest absolute Gasteiger partial charge is 0.493 e. The molecule has 8 heteroatoms. The highest BCUT2D eigenvalue weighted by Crippen LogP contribution is 2.47. The smallest absolute Gasteiger partial charge is 0.339 e. The number of nitrogens with one attached hydrogen (secondary N) is 1. The van der Waals surface area contributed by atoms with Gasteiger partial charge in [-0.05, 0) is 19.1 Å². The van der Waals surface area contributed by atoms with Crippen LogP contribution in [0.15, 0.2) is 24.7 Å². The number of aromatic nitrogens is 3. The molecule has 2 aromatic heterocycles. The molecule has 0 bridgehead atoms. The van der Waals surface area contributed by atoms with E-state index in [9.17, 15) is 9.90 Å². The lowest BCUT2D eigenvalue weighted by Gasteiger charge is -2.12. The van der Waals surface area contributed by atoms with Gasteiger partial charge < -0.3 is 24.3 Å². The maximum absolute atomic E-state index is 11.3. The van der Waals surface area contributed by atoms with Gasteiger partial charge in [-0.1, -0.05) is 0 Å². The van der Waals surface area contributed by atoms with Crippen molar-refractivity contribution in [2.75, 3.05) is 13.4 Å². The van der Waals surface area contributed by atoms with Gasteiger partial charge in [0.25, 0.3) is 0 Å². The van der Waals surface area contributed by atoms with Gasteiger partial charge in [0, 0.05) is 6.20 Å². The summed E-state index contributed by atoms with van der Waals surface area (Å²) in [6.07, 6.45) is 2.72. The van der Waals surface area contributed by atoms with E-state index >= 15 is 0 Å². The van der Waals surface area contributed by atoms with Gasteiger partial charge in [0.05, 0.1) is 17.7 Å². The zero-order valence-corrected chi connectivity index (χ0v) is 12.7. The first kappa shape index (κ1) is 14.3. The number of hydrogen-bond acceptors (Lipinski definition) is 6. The van der Waals surface area contributed by atoms with E-state index in [-0.39, 0.29) is 12.4 Å². The van der Waals surface area contributed by atoms with Crippen molar-refractivity contribution in [3.63, 3.8) is 0 Å². The number of fused-ring (bicyclic) bond motifs is 2. The van der Waals surface area contributed by atoms with E-state index < -0.39 is 5.97 Å². The van der Waals surface area contributed by atoms with Gasteiger partial charge in [-0.2, -0.15) is 0 Å². The van der Waals surface area contributed by atoms with E-state index in [4.69, 9.17) is 14.2 Å². The van der Waals surface area contributed by atoms with Crippen LogP contribution in [0.25, 0.3) is 22.3 Å². The van der Waals surface area contributed by atoms with Crippen LogP contribution in [-0.2, 0) is 0 Å². The van der Waals surface area contributed by atoms with E-state index in [0.29, 0.717) is 46.1 Å². The second kappa shape index (κ2) is 5.41. The Morgan fingerprint density at radius 3 is 3.04 bits per heavy atom. The van der Waals surface area contributed by atoms with Gasteiger partial charge in [0.2, 0.25) is 6.79 Å². The van der Waals surface area contributed by atoms with Crippen LogP contribution < -0.4 is 14.2 Å². The van der Waals surface area contributed by atoms with E-state index in [1.54, 1.807) is 12.1 Å². The molecule has 0 atom stereocenters. The molecule has 1 aromatic carbocycles. The van der Waals surface area contributed by atoms with Crippen LogP contribution in [-0.4, -0.2) is 39.4 Å². The highest BCUT2D eigenvalue weighted by atomic mass is 16.7. The molecule has 122 valence electrons. The highest BCUT2D eigenvalue weighted by molar-refractivity contribution is 6.05. The number of aromatic amines is 1. The number of nitrogens with zero attached hydrogens (tertiary/aromatic N) is 2. The summed E-state index contributed by atoms with van der Waals surface area (Å²) in [5.41, 5.74) is 2.01. The van der Waals surface area contributed by atoms with Crippen molar-refractivity contribution in [3.05, 3.63) is 30.2 Å². The Hall–Kier alpha value is -3.29. The number of aromatic carboxylic acids is 1. The molecule has 0 fully saturated rings. The minimum Gasteiger partial charge on any atom is -0.493 e.